The zero-order valence-electron chi connectivity index (χ0n) is 7.83. The standard InChI is InChI=1S/C9H10BrNO3/c1-13-6-4-3-5(9(11)12)7(10)8(6)14-2/h3-4H,1-2H3,(H2,11,12). The lowest BCUT2D eigenvalue weighted by Crippen LogP contribution is -2.12. The Kier molecular flexibility index (Phi) is 3.35. The number of amides is 1. The number of primary amides is 1. The van der Waals surface area contributed by atoms with Gasteiger partial charge in [0.2, 0.25) is 5.91 Å². The fraction of sp³-hybridized carbons (Fsp3) is 0.222. The highest BCUT2D eigenvalue weighted by Crippen LogP contribution is 2.37. The van der Waals surface area contributed by atoms with Gasteiger partial charge in [-0.3, -0.25) is 4.79 Å². The van der Waals surface area contributed by atoms with Gasteiger partial charge >= 0.3 is 0 Å². The van der Waals surface area contributed by atoms with Gasteiger partial charge in [-0.15, -0.1) is 0 Å². The third-order valence-corrected chi connectivity index (χ3v) is 2.54. The second-order valence-electron chi connectivity index (χ2n) is 2.53. The topological polar surface area (TPSA) is 61.5 Å². The van der Waals surface area contributed by atoms with E-state index in [0.29, 0.717) is 21.5 Å². The fourth-order valence-electron chi connectivity index (χ4n) is 1.08. The van der Waals surface area contributed by atoms with E-state index < -0.39 is 5.91 Å². The first-order valence-electron chi connectivity index (χ1n) is 3.82. The van der Waals surface area contributed by atoms with Gasteiger partial charge < -0.3 is 15.2 Å². The first-order valence-corrected chi connectivity index (χ1v) is 4.61. The molecule has 0 fully saturated rings. The van der Waals surface area contributed by atoms with Crippen LogP contribution >= 0.6 is 15.9 Å². The molecule has 1 aromatic carbocycles. The van der Waals surface area contributed by atoms with E-state index in [1.807, 2.05) is 0 Å². The summed E-state index contributed by atoms with van der Waals surface area (Å²) in [6.07, 6.45) is 0. The van der Waals surface area contributed by atoms with Crippen LogP contribution in [0.15, 0.2) is 16.6 Å². The summed E-state index contributed by atoms with van der Waals surface area (Å²) < 4.78 is 10.6. The number of carbonyl (C=O) groups excluding carboxylic acids is 1. The number of benzene rings is 1. The van der Waals surface area contributed by atoms with Crippen molar-refractivity contribution in [3.8, 4) is 11.5 Å². The molecule has 0 aromatic heterocycles. The molecular weight excluding hydrogens is 250 g/mol. The molecule has 5 heteroatoms. The molecule has 0 aliphatic carbocycles. The highest BCUT2D eigenvalue weighted by Gasteiger charge is 2.15. The van der Waals surface area contributed by atoms with E-state index in [4.69, 9.17) is 15.2 Å². The Morgan fingerprint density at radius 3 is 2.43 bits per heavy atom. The molecule has 0 bridgehead atoms. The van der Waals surface area contributed by atoms with Gasteiger partial charge in [-0.2, -0.15) is 0 Å². The molecule has 0 saturated carbocycles. The van der Waals surface area contributed by atoms with Crippen molar-refractivity contribution in [2.75, 3.05) is 14.2 Å². The maximum atomic E-state index is 11.0. The number of hydrogen-bond acceptors (Lipinski definition) is 3. The van der Waals surface area contributed by atoms with Gasteiger partial charge in [0.25, 0.3) is 0 Å². The Hall–Kier alpha value is -1.23. The van der Waals surface area contributed by atoms with Gasteiger partial charge in [-0.05, 0) is 28.1 Å². The summed E-state index contributed by atoms with van der Waals surface area (Å²) in [7, 11) is 3.02. The Bertz CT molecular complexity index is 365. The molecule has 0 radical (unpaired) electrons. The molecule has 0 heterocycles. The van der Waals surface area contributed by atoms with E-state index >= 15 is 0 Å². The maximum absolute atomic E-state index is 11.0. The van der Waals surface area contributed by atoms with Crippen LogP contribution in [0.1, 0.15) is 10.4 Å². The summed E-state index contributed by atoms with van der Waals surface area (Å²) in [4.78, 5) is 11.0. The highest BCUT2D eigenvalue weighted by atomic mass is 79.9. The minimum atomic E-state index is -0.516. The van der Waals surface area contributed by atoms with Crippen LogP contribution in [0.4, 0.5) is 0 Å². The Labute approximate surface area is 90.1 Å². The Morgan fingerprint density at radius 1 is 1.36 bits per heavy atom. The maximum Gasteiger partial charge on any atom is 0.249 e. The van der Waals surface area contributed by atoms with E-state index in [-0.39, 0.29) is 0 Å². The number of carbonyl (C=O) groups is 1. The number of halogens is 1. The van der Waals surface area contributed by atoms with E-state index in [9.17, 15) is 4.79 Å². The van der Waals surface area contributed by atoms with Crippen LogP contribution in [0.2, 0.25) is 0 Å². The quantitative estimate of drug-likeness (QED) is 0.897. The third kappa shape index (κ3) is 1.82. The number of ether oxygens (including phenoxy) is 2. The fourth-order valence-corrected chi connectivity index (χ4v) is 1.76. The van der Waals surface area contributed by atoms with Gasteiger partial charge in [0.05, 0.1) is 24.3 Å². The van der Waals surface area contributed by atoms with Crippen molar-refractivity contribution in [3.63, 3.8) is 0 Å². The van der Waals surface area contributed by atoms with Crippen molar-refractivity contribution in [2.45, 2.75) is 0 Å². The molecule has 1 amide bonds. The predicted molar refractivity (Wildman–Crippen MR) is 55.8 cm³/mol. The molecule has 0 unspecified atom stereocenters. The number of rotatable bonds is 3. The van der Waals surface area contributed by atoms with Gasteiger partial charge in [0, 0.05) is 0 Å². The third-order valence-electron chi connectivity index (χ3n) is 1.75. The average Bonchev–Trinajstić information content (AvgIpc) is 2.16. The number of methoxy groups -OCH3 is 2. The molecule has 14 heavy (non-hydrogen) atoms. The minimum Gasteiger partial charge on any atom is -0.493 e. The molecule has 0 saturated heterocycles. The molecule has 76 valence electrons. The summed E-state index contributed by atoms with van der Waals surface area (Å²) in [6, 6.07) is 3.21. The van der Waals surface area contributed by atoms with Crippen LogP contribution in [0, 0.1) is 0 Å². The van der Waals surface area contributed by atoms with E-state index in [2.05, 4.69) is 15.9 Å². The lowest BCUT2D eigenvalue weighted by atomic mass is 10.2. The molecule has 2 N–H and O–H groups in total. The number of hydrogen-bond donors (Lipinski definition) is 1. The number of nitrogens with two attached hydrogens (primary N) is 1. The summed E-state index contributed by atoms with van der Waals surface area (Å²) in [6.45, 7) is 0. The lowest BCUT2D eigenvalue weighted by Gasteiger charge is -2.10. The average molecular weight is 260 g/mol. The van der Waals surface area contributed by atoms with Gasteiger partial charge in [0.15, 0.2) is 11.5 Å². The van der Waals surface area contributed by atoms with Gasteiger partial charge in [-0.25, -0.2) is 0 Å². The van der Waals surface area contributed by atoms with Crippen LogP contribution in [0.5, 0.6) is 11.5 Å². The molecule has 1 rings (SSSR count). The van der Waals surface area contributed by atoms with Crippen LogP contribution in [-0.2, 0) is 0 Å². The van der Waals surface area contributed by atoms with Gasteiger partial charge in [-0.1, -0.05) is 0 Å². The van der Waals surface area contributed by atoms with Crippen LogP contribution < -0.4 is 15.2 Å². The Morgan fingerprint density at radius 2 is 2.00 bits per heavy atom. The molecule has 0 spiro atoms. The van der Waals surface area contributed by atoms with Crippen LogP contribution in [0.25, 0.3) is 0 Å². The Balaban J connectivity index is 3.34. The van der Waals surface area contributed by atoms with Gasteiger partial charge in [0.1, 0.15) is 0 Å². The van der Waals surface area contributed by atoms with E-state index in [1.165, 1.54) is 14.2 Å². The summed E-state index contributed by atoms with van der Waals surface area (Å²) >= 11 is 3.23. The first kappa shape index (κ1) is 10.8. The summed E-state index contributed by atoms with van der Waals surface area (Å²) in [5.74, 6) is 0.492. The van der Waals surface area contributed by atoms with Crippen molar-refractivity contribution in [1.82, 2.24) is 0 Å². The molecule has 0 atom stereocenters. The minimum absolute atomic E-state index is 0.364. The SMILES string of the molecule is COc1ccc(C(N)=O)c(Br)c1OC. The lowest BCUT2D eigenvalue weighted by molar-refractivity contribution is 0.0999. The van der Waals surface area contributed by atoms with Crippen molar-refractivity contribution in [1.29, 1.82) is 0 Å². The van der Waals surface area contributed by atoms with Crippen molar-refractivity contribution in [3.05, 3.63) is 22.2 Å². The molecule has 1 aromatic rings. The normalized spacial score (nSPS) is 9.64. The molecule has 4 nitrogen and oxygen atoms in total. The second kappa shape index (κ2) is 4.32. The second-order valence-corrected chi connectivity index (χ2v) is 3.32. The zero-order valence-corrected chi connectivity index (χ0v) is 9.42. The first-order chi connectivity index (χ1) is 6.61. The van der Waals surface area contributed by atoms with Crippen LogP contribution in [0.3, 0.4) is 0 Å². The molecule has 0 aliphatic rings. The van der Waals surface area contributed by atoms with E-state index in [1.54, 1.807) is 12.1 Å². The summed E-state index contributed by atoms with van der Waals surface area (Å²) in [5.41, 5.74) is 5.53. The van der Waals surface area contributed by atoms with Crippen molar-refractivity contribution in [2.24, 2.45) is 5.73 Å². The van der Waals surface area contributed by atoms with Crippen molar-refractivity contribution >= 4 is 21.8 Å². The highest BCUT2D eigenvalue weighted by molar-refractivity contribution is 9.10. The molecular formula is C9H10BrNO3. The van der Waals surface area contributed by atoms with Crippen LogP contribution in [-0.4, -0.2) is 20.1 Å². The molecule has 0 aliphatic heterocycles. The summed E-state index contributed by atoms with van der Waals surface area (Å²) in [5, 5.41) is 0. The van der Waals surface area contributed by atoms with E-state index in [0.717, 1.165) is 0 Å². The monoisotopic (exact) mass is 259 g/mol. The smallest absolute Gasteiger partial charge is 0.249 e. The van der Waals surface area contributed by atoms with Crippen molar-refractivity contribution < 1.29 is 14.3 Å². The zero-order chi connectivity index (χ0) is 10.7. The predicted octanol–water partition coefficient (Wildman–Crippen LogP) is 1.57. The largest absolute Gasteiger partial charge is 0.493 e.